The van der Waals surface area contributed by atoms with Gasteiger partial charge in [0, 0.05) is 25.6 Å². The standard InChI is InChI=1S/C19H24FN3O/c20-16-5-6-18(15(12-16)13-21)23-9-7-17(8-10-23)22-19(24)11-14-3-1-2-4-14/h5-6,12,14,17H,1-4,7-11H2,(H,22,24). The lowest BCUT2D eigenvalue weighted by molar-refractivity contribution is -0.122. The predicted molar refractivity (Wildman–Crippen MR) is 91.1 cm³/mol. The van der Waals surface area contributed by atoms with Crippen LogP contribution in [0.3, 0.4) is 0 Å². The second-order valence-corrected chi connectivity index (χ2v) is 6.96. The van der Waals surface area contributed by atoms with Gasteiger partial charge >= 0.3 is 0 Å². The summed E-state index contributed by atoms with van der Waals surface area (Å²) in [7, 11) is 0. The second-order valence-electron chi connectivity index (χ2n) is 6.96. The van der Waals surface area contributed by atoms with Gasteiger partial charge in [0.05, 0.1) is 11.3 Å². The molecule has 1 amide bonds. The first-order valence-electron chi connectivity index (χ1n) is 8.89. The minimum absolute atomic E-state index is 0.180. The molecule has 1 saturated heterocycles. The maximum Gasteiger partial charge on any atom is 0.220 e. The maximum atomic E-state index is 13.3. The number of nitrogens with zero attached hydrogens (tertiary/aromatic N) is 2. The van der Waals surface area contributed by atoms with Crippen molar-refractivity contribution < 1.29 is 9.18 Å². The molecule has 3 rings (SSSR count). The van der Waals surface area contributed by atoms with E-state index in [1.54, 1.807) is 6.07 Å². The molecule has 2 aliphatic rings. The number of nitriles is 1. The van der Waals surface area contributed by atoms with Crippen molar-refractivity contribution in [3.05, 3.63) is 29.6 Å². The van der Waals surface area contributed by atoms with Crippen LogP contribution in [0.1, 0.15) is 50.5 Å². The monoisotopic (exact) mass is 329 g/mol. The van der Waals surface area contributed by atoms with Gasteiger partial charge in [-0.05, 0) is 49.8 Å². The third kappa shape index (κ3) is 4.05. The smallest absolute Gasteiger partial charge is 0.220 e. The summed E-state index contributed by atoms with van der Waals surface area (Å²) in [5.41, 5.74) is 1.16. The molecule has 0 aromatic heterocycles. The number of anilines is 1. The van der Waals surface area contributed by atoms with E-state index in [4.69, 9.17) is 0 Å². The van der Waals surface area contributed by atoms with Crippen LogP contribution in [0.5, 0.6) is 0 Å². The molecule has 0 atom stereocenters. The van der Waals surface area contributed by atoms with Crippen molar-refractivity contribution in [2.45, 2.75) is 51.0 Å². The Bertz CT molecular complexity index is 626. The molecule has 2 fully saturated rings. The lowest BCUT2D eigenvalue weighted by atomic mass is 10.0. The molecule has 0 radical (unpaired) electrons. The van der Waals surface area contributed by atoms with Crippen LogP contribution in [-0.2, 0) is 4.79 Å². The highest BCUT2D eigenvalue weighted by Crippen LogP contribution is 2.28. The van der Waals surface area contributed by atoms with Gasteiger partial charge in [0.15, 0.2) is 0 Å². The van der Waals surface area contributed by atoms with Crippen LogP contribution in [0.2, 0.25) is 0 Å². The number of carbonyl (C=O) groups excluding carboxylic acids is 1. The van der Waals surface area contributed by atoms with Crippen LogP contribution in [0, 0.1) is 23.1 Å². The van der Waals surface area contributed by atoms with E-state index in [0.29, 0.717) is 17.9 Å². The summed E-state index contributed by atoms with van der Waals surface area (Å²) in [6.07, 6.45) is 7.28. The van der Waals surface area contributed by atoms with Crippen molar-refractivity contribution in [2.24, 2.45) is 5.92 Å². The first kappa shape index (κ1) is 16.8. The van der Waals surface area contributed by atoms with E-state index in [-0.39, 0.29) is 17.8 Å². The number of halogens is 1. The summed E-state index contributed by atoms with van der Waals surface area (Å²) in [6, 6.07) is 6.63. The molecule has 1 N–H and O–H groups in total. The highest BCUT2D eigenvalue weighted by atomic mass is 19.1. The molecule has 1 aromatic carbocycles. The molecule has 4 nitrogen and oxygen atoms in total. The third-order valence-electron chi connectivity index (χ3n) is 5.23. The summed E-state index contributed by atoms with van der Waals surface area (Å²) >= 11 is 0. The van der Waals surface area contributed by atoms with Gasteiger partial charge in [-0.2, -0.15) is 5.26 Å². The van der Waals surface area contributed by atoms with Gasteiger partial charge in [-0.3, -0.25) is 4.79 Å². The molecular weight excluding hydrogens is 305 g/mol. The fraction of sp³-hybridized carbons (Fsp3) is 0.579. The Labute approximate surface area is 142 Å². The van der Waals surface area contributed by atoms with Crippen molar-refractivity contribution in [2.75, 3.05) is 18.0 Å². The molecule has 0 bridgehead atoms. The molecule has 1 aliphatic carbocycles. The number of nitrogens with one attached hydrogen (secondary N) is 1. The summed E-state index contributed by atoms with van der Waals surface area (Å²) in [4.78, 5) is 14.3. The Hall–Kier alpha value is -2.09. The molecule has 0 spiro atoms. The van der Waals surface area contributed by atoms with Crippen molar-refractivity contribution >= 4 is 11.6 Å². The van der Waals surface area contributed by atoms with Gasteiger partial charge in [-0.15, -0.1) is 0 Å². The van der Waals surface area contributed by atoms with E-state index in [1.165, 1.54) is 37.8 Å². The SMILES string of the molecule is N#Cc1cc(F)ccc1N1CCC(NC(=O)CC2CCCC2)CC1. The fourth-order valence-corrected chi connectivity index (χ4v) is 3.90. The largest absolute Gasteiger partial charge is 0.370 e. The van der Waals surface area contributed by atoms with Gasteiger partial charge < -0.3 is 10.2 Å². The number of hydrogen-bond acceptors (Lipinski definition) is 3. The summed E-state index contributed by atoms with van der Waals surface area (Å²) in [6.45, 7) is 1.55. The number of hydrogen-bond donors (Lipinski definition) is 1. The number of piperidine rings is 1. The Kier molecular flexibility index (Phi) is 5.34. The zero-order valence-corrected chi connectivity index (χ0v) is 13.9. The Morgan fingerprint density at radius 3 is 2.62 bits per heavy atom. The zero-order valence-electron chi connectivity index (χ0n) is 13.9. The highest BCUT2D eigenvalue weighted by Gasteiger charge is 2.24. The van der Waals surface area contributed by atoms with Gasteiger partial charge in [-0.1, -0.05) is 12.8 Å². The fourth-order valence-electron chi connectivity index (χ4n) is 3.90. The molecule has 5 heteroatoms. The summed E-state index contributed by atoms with van der Waals surface area (Å²) in [5, 5.41) is 12.3. The van der Waals surface area contributed by atoms with Crippen molar-refractivity contribution in [3.63, 3.8) is 0 Å². The highest BCUT2D eigenvalue weighted by molar-refractivity contribution is 5.76. The molecule has 1 aromatic rings. The molecule has 0 unspecified atom stereocenters. The average molecular weight is 329 g/mol. The van der Waals surface area contributed by atoms with Crippen molar-refractivity contribution in [1.29, 1.82) is 5.26 Å². The van der Waals surface area contributed by atoms with Gasteiger partial charge in [-0.25, -0.2) is 4.39 Å². The van der Waals surface area contributed by atoms with Crippen molar-refractivity contribution in [3.8, 4) is 6.07 Å². The van der Waals surface area contributed by atoms with Crippen LogP contribution in [-0.4, -0.2) is 25.0 Å². The third-order valence-corrected chi connectivity index (χ3v) is 5.23. The molecular formula is C19H24FN3O. The molecule has 1 heterocycles. The molecule has 1 aliphatic heterocycles. The minimum atomic E-state index is -0.385. The van der Waals surface area contributed by atoms with Gasteiger partial charge in [0.2, 0.25) is 5.91 Å². The maximum absolute atomic E-state index is 13.3. The Morgan fingerprint density at radius 2 is 1.96 bits per heavy atom. The predicted octanol–water partition coefficient (Wildman–Crippen LogP) is 3.36. The Balaban J connectivity index is 1.50. The van der Waals surface area contributed by atoms with Gasteiger partial charge in [0.25, 0.3) is 0 Å². The quantitative estimate of drug-likeness (QED) is 0.921. The van der Waals surface area contributed by atoms with Crippen LogP contribution in [0.25, 0.3) is 0 Å². The average Bonchev–Trinajstić information content (AvgIpc) is 3.08. The van der Waals surface area contributed by atoms with Crippen LogP contribution < -0.4 is 10.2 Å². The van der Waals surface area contributed by atoms with Gasteiger partial charge in [0.1, 0.15) is 11.9 Å². The number of carbonyl (C=O) groups is 1. The Morgan fingerprint density at radius 1 is 1.25 bits per heavy atom. The minimum Gasteiger partial charge on any atom is -0.370 e. The first-order chi connectivity index (χ1) is 11.7. The van der Waals surface area contributed by atoms with E-state index in [0.717, 1.165) is 31.6 Å². The number of rotatable bonds is 4. The van der Waals surface area contributed by atoms with E-state index < -0.39 is 0 Å². The second kappa shape index (κ2) is 7.65. The van der Waals surface area contributed by atoms with Crippen LogP contribution in [0.15, 0.2) is 18.2 Å². The summed E-state index contributed by atoms with van der Waals surface area (Å²) < 4.78 is 13.3. The van der Waals surface area contributed by atoms with E-state index in [2.05, 4.69) is 16.3 Å². The molecule has 24 heavy (non-hydrogen) atoms. The topological polar surface area (TPSA) is 56.1 Å². The lowest BCUT2D eigenvalue weighted by Crippen LogP contribution is -2.45. The number of amides is 1. The first-order valence-corrected chi connectivity index (χ1v) is 8.89. The van der Waals surface area contributed by atoms with E-state index >= 15 is 0 Å². The summed E-state index contributed by atoms with van der Waals surface area (Å²) in [5.74, 6) is 0.367. The normalized spacial score (nSPS) is 19.2. The van der Waals surface area contributed by atoms with E-state index in [9.17, 15) is 14.4 Å². The molecule has 1 saturated carbocycles. The van der Waals surface area contributed by atoms with Crippen LogP contribution >= 0.6 is 0 Å². The van der Waals surface area contributed by atoms with Crippen molar-refractivity contribution in [1.82, 2.24) is 5.32 Å². The van der Waals surface area contributed by atoms with Crippen LogP contribution in [0.4, 0.5) is 10.1 Å². The molecule has 128 valence electrons. The van der Waals surface area contributed by atoms with E-state index in [1.807, 2.05) is 0 Å². The number of benzene rings is 1. The zero-order chi connectivity index (χ0) is 16.9. The lowest BCUT2D eigenvalue weighted by Gasteiger charge is -2.34.